The SMILES string of the molecule is CC1CCCCN1CCCCNC(=O)c1cnn(-c2ccc(Cl)cc2)c1. The fourth-order valence-corrected chi connectivity index (χ4v) is 3.53. The van der Waals surface area contributed by atoms with Crippen LogP contribution in [0.15, 0.2) is 36.7 Å². The molecule has 1 fully saturated rings. The second-order valence-electron chi connectivity index (χ2n) is 6.99. The van der Waals surface area contributed by atoms with Crippen LogP contribution in [0, 0.1) is 0 Å². The maximum atomic E-state index is 12.3. The molecule has 0 saturated carbocycles. The van der Waals surface area contributed by atoms with Gasteiger partial charge in [-0.3, -0.25) is 4.79 Å². The van der Waals surface area contributed by atoms with E-state index in [4.69, 9.17) is 11.6 Å². The van der Waals surface area contributed by atoms with E-state index >= 15 is 0 Å². The summed E-state index contributed by atoms with van der Waals surface area (Å²) in [4.78, 5) is 14.8. The van der Waals surface area contributed by atoms with Crippen molar-refractivity contribution in [3.8, 4) is 5.69 Å². The number of carbonyl (C=O) groups is 1. The number of amides is 1. The van der Waals surface area contributed by atoms with Gasteiger partial charge in [-0.1, -0.05) is 18.0 Å². The van der Waals surface area contributed by atoms with Crippen molar-refractivity contribution < 1.29 is 4.79 Å². The Morgan fingerprint density at radius 3 is 2.85 bits per heavy atom. The lowest BCUT2D eigenvalue weighted by Crippen LogP contribution is -2.38. The number of carbonyl (C=O) groups excluding carboxylic acids is 1. The number of halogens is 1. The summed E-state index contributed by atoms with van der Waals surface area (Å²) in [6.07, 6.45) is 9.45. The molecule has 2 aromatic rings. The largest absolute Gasteiger partial charge is 0.352 e. The van der Waals surface area contributed by atoms with Crippen molar-refractivity contribution in [2.45, 2.75) is 45.1 Å². The van der Waals surface area contributed by atoms with Crippen LogP contribution in [0.2, 0.25) is 5.02 Å². The minimum absolute atomic E-state index is 0.0726. The number of likely N-dealkylation sites (tertiary alicyclic amines) is 1. The van der Waals surface area contributed by atoms with E-state index in [0.717, 1.165) is 25.1 Å². The van der Waals surface area contributed by atoms with Gasteiger partial charge in [0.2, 0.25) is 0 Å². The Labute approximate surface area is 160 Å². The monoisotopic (exact) mass is 374 g/mol. The Balaban J connectivity index is 1.40. The molecule has 1 saturated heterocycles. The first kappa shape index (κ1) is 18.9. The Hall–Kier alpha value is -1.85. The standard InChI is InChI=1S/C20H27ClN4O/c1-16-6-2-4-12-24(16)13-5-3-11-22-20(26)17-14-23-25(15-17)19-9-7-18(21)8-10-19/h7-10,14-16H,2-6,11-13H2,1H3,(H,22,26). The molecule has 140 valence electrons. The zero-order chi connectivity index (χ0) is 18.4. The van der Waals surface area contributed by atoms with Gasteiger partial charge in [0.15, 0.2) is 0 Å². The molecule has 1 aromatic carbocycles. The molecule has 1 aliphatic rings. The molecule has 5 nitrogen and oxygen atoms in total. The summed E-state index contributed by atoms with van der Waals surface area (Å²) >= 11 is 5.90. The fraction of sp³-hybridized carbons (Fsp3) is 0.500. The minimum atomic E-state index is -0.0726. The average molecular weight is 375 g/mol. The van der Waals surface area contributed by atoms with Crippen LogP contribution in [0.3, 0.4) is 0 Å². The summed E-state index contributed by atoms with van der Waals surface area (Å²) in [5.41, 5.74) is 1.45. The molecule has 0 bridgehead atoms. The molecule has 1 atom stereocenters. The van der Waals surface area contributed by atoms with Gasteiger partial charge in [0.05, 0.1) is 17.4 Å². The van der Waals surface area contributed by atoms with E-state index in [1.165, 1.54) is 25.8 Å². The lowest BCUT2D eigenvalue weighted by Gasteiger charge is -2.33. The van der Waals surface area contributed by atoms with Crippen molar-refractivity contribution in [3.63, 3.8) is 0 Å². The van der Waals surface area contributed by atoms with Gasteiger partial charge in [-0.25, -0.2) is 4.68 Å². The lowest BCUT2D eigenvalue weighted by molar-refractivity contribution is 0.0951. The van der Waals surface area contributed by atoms with Gasteiger partial charge >= 0.3 is 0 Å². The summed E-state index contributed by atoms with van der Waals surface area (Å²) in [7, 11) is 0. The molecule has 0 aliphatic carbocycles. The van der Waals surface area contributed by atoms with Crippen LogP contribution in [0.4, 0.5) is 0 Å². The van der Waals surface area contributed by atoms with Crippen molar-refractivity contribution in [1.29, 1.82) is 0 Å². The number of hydrogen-bond acceptors (Lipinski definition) is 3. The molecule has 1 unspecified atom stereocenters. The van der Waals surface area contributed by atoms with Gasteiger partial charge < -0.3 is 10.2 Å². The van der Waals surface area contributed by atoms with Crippen molar-refractivity contribution in [1.82, 2.24) is 20.0 Å². The lowest BCUT2D eigenvalue weighted by atomic mass is 10.0. The summed E-state index contributed by atoms with van der Waals surface area (Å²) < 4.78 is 1.68. The van der Waals surface area contributed by atoms with Gasteiger partial charge in [-0.2, -0.15) is 5.10 Å². The zero-order valence-electron chi connectivity index (χ0n) is 15.3. The van der Waals surface area contributed by atoms with Crippen molar-refractivity contribution in [2.75, 3.05) is 19.6 Å². The molecule has 1 N–H and O–H groups in total. The third kappa shape index (κ3) is 5.08. The van der Waals surface area contributed by atoms with Crippen molar-refractivity contribution >= 4 is 17.5 Å². The van der Waals surface area contributed by atoms with Crippen molar-refractivity contribution in [2.24, 2.45) is 0 Å². The first-order valence-corrected chi connectivity index (χ1v) is 9.84. The van der Waals surface area contributed by atoms with Crippen molar-refractivity contribution in [3.05, 3.63) is 47.2 Å². The number of nitrogens with one attached hydrogen (secondary N) is 1. The maximum Gasteiger partial charge on any atom is 0.254 e. The maximum absolute atomic E-state index is 12.3. The van der Waals surface area contributed by atoms with E-state index in [1.54, 1.807) is 17.1 Å². The number of aromatic nitrogens is 2. The first-order chi connectivity index (χ1) is 12.6. The Bertz CT molecular complexity index is 713. The van der Waals surface area contributed by atoms with Gasteiger partial charge in [0.25, 0.3) is 5.91 Å². The van der Waals surface area contributed by atoms with Crippen LogP contribution in [0.25, 0.3) is 5.69 Å². The first-order valence-electron chi connectivity index (χ1n) is 9.46. The summed E-state index contributed by atoms with van der Waals surface area (Å²) in [5, 5.41) is 7.93. The second-order valence-corrected chi connectivity index (χ2v) is 7.43. The van der Waals surface area contributed by atoms with E-state index < -0.39 is 0 Å². The van der Waals surface area contributed by atoms with Gasteiger partial charge in [-0.05, 0) is 70.0 Å². The topological polar surface area (TPSA) is 50.2 Å². The third-order valence-electron chi connectivity index (χ3n) is 5.03. The fourth-order valence-electron chi connectivity index (χ4n) is 3.41. The van der Waals surface area contributed by atoms with E-state index in [9.17, 15) is 4.79 Å². The third-order valence-corrected chi connectivity index (χ3v) is 5.29. The molecule has 26 heavy (non-hydrogen) atoms. The number of rotatable bonds is 7. The van der Waals surface area contributed by atoms with Gasteiger partial charge in [-0.15, -0.1) is 0 Å². The highest BCUT2D eigenvalue weighted by atomic mass is 35.5. The highest BCUT2D eigenvalue weighted by Gasteiger charge is 2.17. The highest BCUT2D eigenvalue weighted by molar-refractivity contribution is 6.30. The second kappa shape index (κ2) is 9.19. The molecule has 1 aliphatic heterocycles. The molecular formula is C20H27ClN4O. The summed E-state index contributed by atoms with van der Waals surface area (Å²) in [6.45, 7) is 5.37. The van der Waals surface area contributed by atoms with E-state index in [2.05, 4.69) is 22.2 Å². The molecule has 3 rings (SSSR count). The number of hydrogen-bond donors (Lipinski definition) is 1. The molecule has 0 radical (unpaired) electrons. The molecular weight excluding hydrogens is 348 g/mol. The highest BCUT2D eigenvalue weighted by Crippen LogP contribution is 2.16. The molecule has 2 heterocycles. The number of piperidine rings is 1. The number of nitrogens with zero attached hydrogens (tertiary/aromatic N) is 3. The van der Waals surface area contributed by atoms with Crippen LogP contribution in [-0.4, -0.2) is 46.3 Å². The van der Waals surface area contributed by atoms with Crippen LogP contribution in [0.5, 0.6) is 0 Å². The van der Waals surface area contributed by atoms with Crippen LogP contribution >= 0.6 is 11.6 Å². The minimum Gasteiger partial charge on any atom is -0.352 e. The van der Waals surface area contributed by atoms with Gasteiger partial charge in [0, 0.05) is 23.8 Å². The quantitative estimate of drug-likeness (QED) is 0.747. The molecule has 6 heteroatoms. The predicted molar refractivity (Wildman–Crippen MR) is 105 cm³/mol. The summed E-state index contributed by atoms with van der Waals surface area (Å²) in [6, 6.07) is 8.07. The Morgan fingerprint density at radius 2 is 2.08 bits per heavy atom. The van der Waals surface area contributed by atoms with E-state index in [1.807, 2.05) is 24.3 Å². The summed E-state index contributed by atoms with van der Waals surface area (Å²) in [5.74, 6) is -0.0726. The Morgan fingerprint density at radius 1 is 1.27 bits per heavy atom. The zero-order valence-corrected chi connectivity index (χ0v) is 16.1. The molecule has 1 aromatic heterocycles. The van der Waals surface area contributed by atoms with E-state index in [-0.39, 0.29) is 5.91 Å². The smallest absolute Gasteiger partial charge is 0.254 e. The normalized spacial score (nSPS) is 18.0. The average Bonchev–Trinajstić information content (AvgIpc) is 3.13. The van der Waals surface area contributed by atoms with E-state index in [0.29, 0.717) is 23.2 Å². The van der Waals surface area contributed by atoms with Crippen LogP contribution in [0.1, 0.15) is 49.4 Å². The van der Waals surface area contributed by atoms with Crippen LogP contribution in [-0.2, 0) is 0 Å². The number of benzene rings is 1. The molecule has 0 spiro atoms. The molecule has 1 amide bonds. The number of unbranched alkanes of at least 4 members (excludes halogenated alkanes) is 1. The van der Waals surface area contributed by atoms with Gasteiger partial charge in [0.1, 0.15) is 0 Å². The Kier molecular flexibility index (Phi) is 6.69. The predicted octanol–water partition coefficient (Wildman–Crippen LogP) is 3.91. The van der Waals surface area contributed by atoms with Crippen LogP contribution < -0.4 is 5.32 Å².